The number of rotatable bonds is 7. The van der Waals surface area contributed by atoms with Gasteiger partial charge in [-0.2, -0.15) is 5.10 Å². The van der Waals surface area contributed by atoms with Crippen LogP contribution in [-0.4, -0.2) is 41.2 Å². The highest BCUT2D eigenvalue weighted by molar-refractivity contribution is 7.80. The Morgan fingerprint density at radius 3 is 2.58 bits per heavy atom. The van der Waals surface area contributed by atoms with Crippen molar-refractivity contribution in [3.8, 4) is 16.9 Å². The van der Waals surface area contributed by atoms with Crippen molar-refractivity contribution in [3.05, 3.63) is 82.7 Å². The lowest BCUT2D eigenvalue weighted by Crippen LogP contribution is -2.45. The van der Waals surface area contributed by atoms with Crippen LogP contribution < -0.4 is 10.6 Å². The molecule has 1 aliphatic rings. The molecule has 1 aromatic heterocycles. The quantitative estimate of drug-likeness (QED) is 0.297. The van der Waals surface area contributed by atoms with E-state index < -0.39 is 12.0 Å². The van der Waals surface area contributed by atoms with E-state index in [9.17, 15) is 4.79 Å². The monoisotopic (exact) mass is 482 g/mol. The largest absolute Gasteiger partial charge is 0.460 e. The lowest BCUT2D eigenvalue weighted by molar-refractivity contribution is -0.140. The molecule has 0 spiro atoms. The number of allylic oxidation sites excluding steroid dienone is 1. The van der Waals surface area contributed by atoms with Crippen LogP contribution in [0.3, 0.4) is 0 Å². The number of nitrogens with zero attached hydrogens (tertiary/aromatic N) is 2. The van der Waals surface area contributed by atoms with Gasteiger partial charge in [0.15, 0.2) is 5.11 Å². The Labute approximate surface area is 202 Å². The van der Waals surface area contributed by atoms with Crippen molar-refractivity contribution in [3.63, 3.8) is 0 Å². The summed E-state index contributed by atoms with van der Waals surface area (Å²) in [4.78, 5) is 13.0. The zero-order valence-corrected chi connectivity index (χ0v) is 19.7. The first-order valence-corrected chi connectivity index (χ1v) is 11.1. The number of carbonyl (C=O) groups excluding carboxylic acids is 1. The van der Waals surface area contributed by atoms with Gasteiger partial charge in [-0.3, -0.25) is 0 Å². The fourth-order valence-corrected chi connectivity index (χ4v) is 4.03. The van der Waals surface area contributed by atoms with Crippen LogP contribution in [-0.2, 0) is 14.3 Å². The van der Waals surface area contributed by atoms with Gasteiger partial charge in [-0.25, -0.2) is 9.48 Å². The Morgan fingerprint density at radius 1 is 1.15 bits per heavy atom. The van der Waals surface area contributed by atoms with Crippen molar-refractivity contribution in [1.82, 2.24) is 20.4 Å². The SMILES string of the molecule is COCCOC(=O)C1=C(C)NC(=S)N[C@@H]1c1cn(-c2ccccc2)nc1-c1ccc(Cl)cc1. The maximum Gasteiger partial charge on any atom is 0.338 e. The number of halogens is 1. The van der Waals surface area contributed by atoms with Crippen LogP contribution in [0.2, 0.25) is 5.02 Å². The number of hydrogen-bond donors (Lipinski definition) is 2. The number of nitrogens with one attached hydrogen (secondary N) is 2. The van der Waals surface area contributed by atoms with Crippen molar-refractivity contribution >= 4 is 34.9 Å². The molecular weight excluding hydrogens is 460 g/mol. The summed E-state index contributed by atoms with van der Waals surface area (Å²) in [6.45, 7) is 2.26. The second kappa shape index (κ2) is 10.2. The molecule has 170 valence electrons. The minimum absolute atomic E-state index is 0.149. The summed E-state index contributed by atoms with van der Waals surface area (Å²) in [7, 11) is 1.56. The molecule has 1 aliphatic heterocycles. The van der Waals surface area contributed by atoms with Crippen LogP contribution in [0, 0.1) is 0 Å². The molecule has 0 bridgehead atoms. The van der Waals surface area contributed by atoms with Gasteiger partial charge in [-0.05, 0) is 43.4 Å². The Morgan fingerprint density at radius 2 is 1.88 bits per heavy atom. The predicted octanol–water partition coefficient (Wildman–Crippen LogP) is 4.18. The standard InChI is InChI=1S/C24H23ClN4O3S/c1-15-20(23(30)32-13-12-31-2)22(27-24(33)26-15)19-14-29(18-6-4-3-5-7-18)28-21(19)16-8-10-17(25)11-9-16/h3-11,14,22H,12-13H2,1-2H3,(H2,26,27,33)/t22-/m1/s1. The van der Waals surface area contributed by atoms with Gasteiger partial charge in [0.25, 0.3) is 0 Å². The van der Waals surface area contributed by atoms with Gasteiger partial charge in [-0.15, -0.1) is 0 Å². The molecule has 0 saturated carbocycles. The highest BCUT2D eigenvalue weighted by Crippen LogP contribution is 2.35. The molecule has 0 fully saturated rings. The molecule has 4 rings (SSSR count). The molecule has 0 radical (unpaired) electrons. The first kappa shape index (κ1) is 23.0. The third-order valence-electron chi connectivity index (χ3n) is 5.20. The van der Waals surface area contributed by atoms with Gasteiger partial charge in [0.2, 0.25) is 0 Å². The minimum atomic E-state index is -0.558. The van der Waals surface area contributed by atoms with Crippen LogP contribution in [0.1, 0.15) is 18.5 Å². The summed E-state index contributed by atoms with van der Waals surface area (Å²) in [6, 6.07) is 16.6. The van der Waals surface area contributed by atoms with Crippen LogP contribution in [0.15, 0.2) is 72.1 Å². The van der Waals surface area contributed by atoms with Crippen LogP contribution in [0.4, 0.5) is 0 Å². The summed E-state index contributed by atoms with van der Waals surface area (Å²) in [5.41, 5.74) is 4.29. The normalized spacial score (nSPS) is 15.7. The summed E-state index contributed by atoms with van der Waals surface area (Å²) >= 11 is 11.5. The van der Waals surface area contributed by atoms with Crippen molar-refractivity contribution in [2.45, 2.75) is 13.0 Å². The summed E-state index contributed by atoms with van der Waals surface area (Å²) in [6.07, 6.45) is 1.90. The van der Waals surface area contributed by atoms with E-state index in [0.29, 0.717) is 33.7 Å². The predicted molar refractivity (Wildman–Crippen MR) is 131 cm³/mol. The van der Waals surface area contributed by atoms with E-state index in [1.54, 1.807) is 18.7 Å². The van der Waals surface area contributed by atoms with Crippen molar-refractivity contribution in [2.24, 2.45) is 0 Å². The van der Waals surface area contributed by atoms with E-state index in [-0.39, 0.29) is 6.61 Å². The molecule has 7 nitrogen and oxygen atoms in total. The molecule has 0 unspecified atom stereocenters. The first-order valence-electron chi connectivity index (χ1n) is 10.3. The zero-order valence-electron chi connectivity index (χ0n) is 18.2. The van der Waals surface area contributed by atoms with Crippen molar-refractivity contribution in [1.29, 1.82) is 0 Å². The lowest BCUT2D eigenvalue weighted by atomic mass is 9.94. The molecule has 2 heterocycles. The molecule has 0 aliphatic carbocycles. The first-order chi connectivity index (χ1) is 16.0. The second-order valence-corrected chi connectivity index (χ2v) is 8.26. The number of para-hydroxylation sites is 1. The molecule has 0 saturated heterocycles. The van der Waals surface area contributed by atoms with Gasteiger partial charge in [-0.1, -0.05) is 41.9 Å². The highest BCUT2D eigenvalue weighted by Gasteiger charge is 2.34. The van der Waals surface area contributed by atoms with Gasteiger partial charge < -0.3 is 20.1 Å². The number of benzene rings is 2. The molecule has 2 aromatic carbocycles. The number of methoxy groups -OCH3 is 1. The van der Waals surface area contributed by atoms with E-state index in [4.69, 9.17) is 38.4 Å². The van der Waals surface area contributed by atoms with Crippen LogP contribution in [0.25, 0.3) is 16.9 Å². The number of hydrogen-bond acceptors (Lipinski definition) is 5. The van der Waals surface area contributed by atoms with E-state index in [1.165, 1.54) is 0 Å². The average molecular weight is 483 g/mol. The van der Waals surface area contributed by atoms with E-state index in [1.807, 2.05) is 60.8 Å². The van der Waals surface area contributed by atoms with Crippen molar-refractivity contribution < 1.29 is 14.3 Å². The fraction of sp³-hybridized carbons (Fsp3) is 0.208. The number of ether oxygens (including phenoxy) is 2. The van der Waals surface area contributed by atoms with Crippen molar-refractivity contribution in [2.75, 3.05) is 20.3 Å². The van der Waals surface area contributed by atoms with E-state index in [0.717, 1.165) is 16.8 Å². The Kier molecular flexibility index (Phi) is 7.08. The topological polar surface area (TPSA) is 77.4 Å². The van der Waals surface area contributed by atoms with Gasteiger partial charge >= 0.3 is 5.97 Å². The molecular formula is C24H23ClN4O3S. The molecule has 2 N–H and O–H groups in total. The maximum absolute atomic E-state index is 13.0. The summed E-state index contributed by atoms with van der Waals surface area (Å²) in [5, 5.41) is 12.1. The third-order valence-corrected chi connectivity index (χ3v) is 5.67. The third kappa shape index (κ3) is 5.08. The Balaban J connectivity index is 1.83. The van der Waals surface area contributed by atoms with Crippen LogP contribution >= 0.6 is 23.8 Å². The van der Waals surface area contributed by atoms with Gasteiger partial charge in [0.1, 0.15) is 6.61 Å². The molecule has 3 aromatic rings. The van der Waals surface area contributed by atoms with Gasteiger partial charge in [0, 0.05) is 35.2 Å². The smallest absolute Gasteiger partial charge is 0.338 e. The number of esters is 1. The average Bonchev–Trinajstić information content (AvgIpc) is 3.25. The Hall–Kier alpha value is -3.20. The molecule has 1 atom stereocenters. The Bertz CT molecular complexity index is 1190. The fourth-order valence-electron chi connectivity index (χ4n) is 3.64. The summed E-state index contributed by atoms with van der Waals surface area (Å²) in [5.74, 6) is -0.452. The lowest BCUT2D eigenvalue weighted by Gasteiger charge is -2.29. The summed E-state index contributed by atoms with van der Waals surface area (Å²) < 4.78 is 12.2. The van der Waals surface area contributed by atoms with E-state index in [2.05, 4.69) is 10.6 Å². The number of thiocarbonyl (C=S) groups is 1. The maximum atomic E-state index is 13.0. The minimum Gasteiger partial charge on any atom is -0.460 e. The zero-order chi connectivity index (χ0) is 23.4. The number of aromatic nitrogens is 2. The van der Waals surface area contributed by atoms with Gasteiger partial charge in [0.05, 0.1) is 29.6 Å². The van der Waals surface area contributed by atoms with E-state index >= 15 is 0 Å². The molecule has 33 heavy (non-hydrogen) atoms. The molecule has 9 heteroatoms. The second-order valence-electron chi connectivity index (χ2n) is 7.42. The highest BCUT2D eigenvalue weighted by atomic mass is 35.5. The number of carbonyl (C=O) groups is 1. The molecule has 0 amide bonds. The van der Waals surface area contributed by atoms with Crippen LogP contribution in [0.5, 0.6) is 0 Å².